The number of anilines is 1. The van der Waals surface area contributed by atoms with E-state index < -0.39 is 5.97 Å². The number of hydrogen-bond acceptors (Lipinski definition) is 4. The molecule has 0 heterocycles. The predicted octanol–water partition coefficient (Wildman–Crippen LogP) is 5.45. The third kappa shape index (κ3) is 8.59. The summed E-state index contributed by atoms with van der Waals surface area (Å²) in [4.78, 5) is 12.9. The first-order chi connectivity index (χ1) is 14.0. The molecule has 0 amide bonds. The first-order valence-electron chi connectivity index (χ1n) is 11.2. The van der Waals surface area contributed by atoms with Crippen molar-refractivity contribution in [3.05, 3.63) is 30.3 Å². The molecule has 5 heteroatoms. The Morgan fingerprint density at radius 1 is 1.14 bits per heavy atom. The average molecular weight is 422 g/mol. The normalized spacial score (nSPS) is 22.5. The molecule has 0 saturated heterocycles. The van der Waals surface area contributed by atoms with Gasteiger partial charge < -0.3 is 15.1 Å². The van der Waals surface area contributed by atoms with Crippen molar-refractivity contribution >= 4 is 23.4 Å². The van der Waals surface area contributed by atoms with Gasteiger partial charge in [-0.1, -0.05) is 43.9 Å². The summed E-state index contributed by atoms with van der Waals surface area (Å²) in [6, 6.07) is 10.5. The number of nitrogens with zero attached hydrogens (tertiary/aromatic N) is 1. The number of hydrogen-bond donors (Lipinski definition) is 2. The van der Waals surface area contributed by atoms with Gasteiger partial charge in [0, 0.05) is 31.0 Å². The standard InChI is InChI=1S/C24H39NO3S/c1-25(20-11-7-5-8-12-20)18-21(29-2)15-16-22-19(14-17-23(22)26)10-6-3-4-9-13-24(27)28/h5,7-8,11-12,19,21-23,26H,3-4,6,9-10,13-18H2,1-2H3,(H,27,28)/t19?,21?,22-,23-/m1/s1. The topological polar surface area (TPSA) is 60.8 Å². The van der Waals surface area contributed by atoms with E-state index in [0.29, 0.717) is 17.1 Å². The van der Waals surface area contributed by atoms with Crippen LogP contribution < -0.4 is 4.90 Å². The van der Waals surface area contributed by atoms with Crippen LogP contribution in [0.2, 0.25) is 0 Å². The molecule has 0 aromatic heterocycles. The van der Waals surface area contributed by atoms with Crippen molar-refractivity contribution in [1.82, 2.24) is 0 Å². The highest BCUT2D eigenvalue weighted by atomic mass is 32.2. The lowest BCUT2D eigenvalue weighted by molar-refractivity contribution is -0.137. The zero-order chi connectivity index (χ0) is 21.1. The van der Waals surface area contributed by atoms with Gasteiger partial charge in [-0.05, 0) is 62.3 Å². The molecule has 2 N–H and O–H groups in total. The van der Waals surface area contributed by atoms with Crippen LogP contribution in [-0.4, -0.2) is 47.4 Å². The molecule has 1 saturated carbocycles. The summed E-state index contributed by atoms with van der Waals surface area (Å²) >= 11 is 1.94. The minimum atomic E-state index is -0.690. The van der Waals surface area contributed by atoms with Crippen LogP contribution in [0, 0.1) is 11.8 Å². The predicted molar refractivity (Wildman–Crippen MR) is 124 cm³/mol. The van der Waals surface area contributed by atoms with Crippen molar-refractivity contribution in [2.24, 2.45) is 11.8 Å². The fraction of sp³-hybridized carbons (Fsp3) is 0.708. The van der Waals surface area contributed by atoms with Crippen molar-refractivity contribution in [3.8, 4) is 0 Å². The second kappa shape index (κ2) is 13.2. The van der Waals surface area contributed by atoms with Crippen molar-refractivity contribution in [2.45, 2.75) is 75.6 Å². The van der Waals surface area contributed by atoms with Crippen LogP contribution >= 0.6 is 11.8 Å². The molecule has 4 nitrogen and oxygen atoms in total. The molecule has 1 fully saturated rings. The van der Waals surface area contributed by atoms with Crippen molar-refractivity contribution in [3.63, 3.8) is 0 Å². The van der Waals surface area contributed by atoms with Gasteiger partial charge in [0.15, 0.2) is 0 Å². The molecular formula is C24H39NO3S. The Kier molecular flexibility index (Phi) is 10.9. The third-order valence-electron chi connectivity index (χ3n) is 6.48. The van der Waals surface area contributed by atoms with E-state index >= 15 is 0 Å². The first-order valence-corrected chi connectivity index (χ1v) is 12.5. The van der Waals surface area contributed by atoms with E-state index in [1.165, 1.54) is 12.1 Å². The van der Waals surface area contributed by atoms with Crippen molar-refractivity contribution in [1.29, 1.82) is 0 Å². The number of aliphatic carboxylic acids is 1. The zero-order valence-corrected chi connectivity index (χ0v) is 18.9. The van der Waals surface area contributed by atoms with Crippen LogP contribution in [-0.2, 0) is 4.79 Å². The number of unbranched alkanes of at least 4 members (excludes halogenated alkanes) is 3. The lowest BCUT2D eigenvalue weighted by atomic mass is 9.86. The minimum absolute atomic E-state index is 0.138. The van der Waals surface area contributed by atoms with E-state index in [2.05, 4.69) is 48.5 Å². The summed E-state index contributed by atoms with van der Waals surface area (Å²) in [5, 5.41) is 19.8. The maximum atomic E-state index is 10.6. The van der Waals surface area contributed by atoms with Crippen molar-refractivity contribution < 1.29 is 15.0 Å². The van der Waals surface area contributed by atoms with Gasteiger partial charge in [0.2, 0.25) is 0 Å². The van der Waals surface area contributed by atoms with Crippen LogP contribution in [0.4, 0.5) is 5.69 Å². The number of thioether (sulfide) groups is 1. The molecule has 2 unspecified atom stereocenters. The van der Waals surface area contributed by atoms with Crippen LogP contribution in [0.1, 0.15) is 64.2 Å². The number of carboxylic acids is 1. The molecule has 29 heavy (non-hydrogen) atoms. The molecule has 0 aliphatic heterocycles. The maximum absolute atomic E-state index is 10.6. The fourth-order valence-electron chi connectivity index (χ4n) is 4.71. The lowest BCUT2D eigenvalue weighted by Crippen LogP contribution is -2.28. The average Bonchev–Trinajstić information content (AvgIpc) is 3.07. The summed E-state index contributed by atoms with van der Waals surface area (Å²) in [6.45, 7) is 1.03. The number of aliphatic hydroxyl groups excluding tert-OH is 1. The molecule has 0 radical (unpaired) electrons. The van der Waals surface area contributed by atoms with Crippen LogP contribution in [0.15, 0.2) is 30.3 Å². The van der Waals surface area contributed by atoms with E-state index in [9.17, 15) is 9.90 Å². The summed E-state index contributed by atoms with van der Waals surface area (Å²) in [6.07, 6.45) is 12.0. The molecule has 1 aliphatic carbocycles. The monoisotopic (exact) mass is 421 g/mol. The number of rotatable bonds is 14. The molecule has 2 rings (SSSR count). The largest absolute Gasteiger partial charge is 0.481 e. The van der Waals surface area contributed by atoms with E-state index in [4.69, 9.17) is 5.11 Å². The van der Waals surface area contributed by atoms with Gasteiger partial charge >= 0.3 is 5.97 Å². The first kappa shape index (κ1) is 24.1. The quantitative estimate of drug-likeness (QED) is 0.391. The summed E-state index contributed by atoms with van der Waals surface area (Å²) < 4.78 is 0. The Bertz CT molecular complexity index is 583. The molecule has 0 bridgehead atoms. The van der Waals surface area contributed by atoms with Crippen LogP contribution in [0.3, 0.4) is 0 Å². The van der Waals surface area contributed by atoms with Gasteiger partial charge in [0.1, 0.15) is 0 Å². The molecule has 164 valence electrons. The number of carbonyl (C=O) groups is 1. The fourth-order valence-corrected chi connectivity index (χ4v) is 5.45. The molecule has 1 aromatic rings. The molecular weight excluding hydrogens is 382 g/mol. The van der Waals surface area contributed by atoms with E-state index in [1.54, 1.807) is 0 Å². The maximum Gasteiger partial charge on any atom is 0.303 e. The molecule has 1 aromatic carbocycles. The van der Waals surface area contributed by atoms with Gasteiger partial charge in [-0.3, -0.25) is 4.79 Å². The minimum Gasteiger partial charge on any atom is -0.481 e. The summed E-state index contributed by atoms with van der Waals surface area (Å²) in [7, 11) is 2.16. The zero-order valence-electron chi connectivity index (χ0n) is 18.1. The highest BCUT2D eigenvalue weighted by Gasteiger charge is 2.34. The molecule has 0 spiro atoms. The molecule has 4 atom stereocenters. The van der Waals surface area contributed by atoms with Gasteiger partial charge in [0.05, 0.1) is 6.10 Å². The third-order valence-corrected chi connectivity index (χ3v) is 7.53. The van der Waals surface area contributed by atoms with Crippen LogP contribution in [0.25, 0.3) is 0 Å². The summed E-state index contributed by atoms with van der Waals surface area (Å²) in [5.74, 6) is 0.384. The van der Waals surface area contributed by atoms with Gasteiger partial charge in [-0.25, -0.2) is 0 Å². The number of carboxylic acid groups (broad SMARTS) is 1. The second-order valence-corrected chi connectivity index (χ2v) is 9.70. The number of aliphatic hydroxyl groups is 1. The Labute approximate surface area is 181 Å². The summed E-state index contributed by atoms with van der Waals surface area (Å²) in [5.41, 5.74) is 1.26. The highest BCUT2D eigenvalue weighted by molar-refractivity contribution is 7.99. The number of benzene rings is 1. The number of para-hydroxylation sites is 1. The Balaban J connectivity index is 1.73. The van der Waals surface area contributed by atoms with Gasteiger partial charge in [-0.2, -0.15) is 11.8 Å². The highest BCUT2D eigenvalue weighted by Crippen LogP contribution is 2.39. The van der Waals surface area contributed by atoms with Crippen LogP contribution in [0.5, 0.6) is 0 Å². The smallest absolute Gasteiger partial charge is 0.303 e. The van der Waals surface area contributed by atoms with Gasteiger partial charge in [0.25, 0.3) is 0 Å². The Morgan fingerprint density at radius 3 is 2.55 bits per heavy atom. The van der Waals surface area contributed by atoms with Gasteiger partial charge in [-0.15, -0.1) is 0 Å². The lowest BCUT2D eigenvalue weighted by Gasteiger charge is -2.28. The van der Waals surface area contributed by atoms with E-state index in [1.807, 2.05) is 11.8 Å². The Hall–Kier alpha value is -1.20. The molecule has 1 aliphatic rings. The Morgan fingerprint density at radius 2 is 1.86 bits per heavy atom. The van der Waals surface area contributed by atoms with E-state index in [-0.39, 0.29) is 12.5 Å². The van der Waals surface area contributed by atoms with Crippen molar-refractivity contribution in [2.75, 3.05) is 24.7 Å². The van der Waals surface area contributed by atoms with E-state index in [0.717, 1.165) is 57.9 Å². The second-order valence-electron chi connectivity index (χ2n) is 8.57. The SMILES string of the molecule is CSC(CC[C@@H]1C(CCCCCCC(=O)O)CC[C@H]1O)CN(C)c1ccccc1.